The molecule has 0 atom stereocenters. The van der Waals surface area contributed by atoms with Crippen LogP contribution in [0.4, 0.5) is 0 Å². The van der Waals surface area contributed by atoms with Crippen molar-refractivity contribution in [3.05, 3.63) is 11.8 Å². The Balaban J connectivity index is 2.19. The van der Waals surface area contributed by atoms with Crippen LogP contribution in [0.5, 0.6) is 0 Å². The van der Waals surface area contributed by atoms with Crippen LogP contribution in [0.2, 0.25) is 0 Å². The van der Waals surface area contributed by atoms with E-state index in [1.54, 1.807) is 0 Å². The van der Waals surface area contributed by atoms with Crippen LogP contribution < -0.4 is 5.11 Å². The van der Waals surface area contributed by atoms with Gasteiger partial charge >= 0.3 is 0 Å². The third kappa shape index (κ3) is 2.80. The van der Waals surface area contributed by atoms with Gasteiger partial charge in [0.25, 0.3) is 0 Å². The van der Waals surface area contributed by atoms with E-state index in [9.17, 15) is 5.11 Å². The van der Waals surface area contributed by atoms with Crippen molar-refractivity contribution in [3.8, 4) is 0 Å². The van der Waals surface area contributed by atoms with E-state index in [-0.39, 0.29) is 0 Å². The Morgan fingerprint density at radius 1 is 1.35 bits per heavy atom. The Kier molecular flexibility index (Phi) is 4.05. The lowest BCUT2D eigenvalue weighted by Gasteiger charge is -2.32. The third-order valence-electron chi connectivity index (χ3n) is 3.65. The van der Waals surface area contributed by atoms with Gasteiger partial charge in [-0.3, -0.25) is 0 Å². The summed E-state index contributed by atoms with van der Waals surface area (Å²) in [5.41, 5.74) is 1.34. The third-order valence-corrected chi connectivity index (χ3v) is 3.65. The molecule has 1 heterocycles. The normalized spacial score (nSPS) is 24.5. The standard InChI is InChI=1S/C13H22N2O2/c1-2-17-13(16)14-15(10-6-7-11-15)12-8-4-3-5-9-12/h8H,2-7,9-11H2,1H3. The van der Waals surface area contributed by atoms with Gasteiger partial charge in [0.15, 0.2) is 0 Å². The Labute approximate surface area is 103 Å². The number of hydrogen-bond acceptors (Lipinski definition) is 3. The van der Waals surface area contributed by atoms with Crippen molar-refractivity contribution in [3.63, 3.8) is 0 Å². The molecule has 0 spiro atoms. The fourth-order valence-corrected chi connectivity index (χ4v) is 2.82. The molecule has 0 aromatic carbocycles. The molecule has 2 rings (SSSR count). The molecule has 4 heteroatoms. The van der Waals surface area contributed by atoms with Gasteiger partial charge in [0, 0.05) is 19.3 Å². The van der Waals surface area contributed by atoms with Crippen LogP contribution in [0.1, 0.15) is 45.4 Å². The second-order valence-corrected chi connectivity index (χ2v) is 4.82. The second-order valence-electron chi connectivity index (χ2n) is 4.82. The molecule has 4 nitrogen and oxygen atoms in total. The van der Waals surface area contributed by atoms with E-state index in [1.165, 1.54) is 18.5 Å². The molecule has 1 aliphatic heterocycles. The molecule has 1 aliphatic carbocycles. The summed E-state index contributed by atoms with van der Waals surface area (Å²) in [6, 6.07) is 0. The zero-order valence-corrected chi connectivity index (χ0v) is 10.7. The van der Waals surface area contributed by atoms with Gasteiger partial charge in [0.1, 0.15) is 18.8 Å². The molecule has 0 aromatic rings. The highest BCUT2D eigenvalue weighted by Crippen LogP contribution is 2.33. The lowest BCUT2D eigenvalue weighted by molar-refractivity contribution is -0.890. The molecule has 0 amide bonds. The average Bonchev–Trinajstić information content (AvgIpc) is 2.80. The smallest absolute Gasteiger partial charge is 0.210 e. The lowest BCUT2D eigenvalue weighted by Crippen LogP contribution is -2.42. The highest BCUT2D eigenvalue weighted by molar-refractivity contribution is 5.60. The van der Waals surface area contributed by atoms with Crippen LogP contribution in [-0.2, 0) is 4.74 Å². The van der Waals surface area contributed by atoms with Crippen LogP contribution in [-0.4, -0.2) is 30.4 Å². The minimum atomic E-state index is -0.402. The highest BCUT2D eigenvalue weighted by atomic mass is 16.6. The Morgan fingerprint density at radius 3 is 2.71 bits per heavy atom. The topological polar surface area (TPSA) is 44.6 Å². The van der Waals surface area contributed by atoms with Crippen molar-refractivity contribution in [1.29, 1.82) is 0 Å². The van der Waals surface area contributed by atoms with Crippen molar-refractivity contribution < 1.29 is 14.4 Å². The number of hydrogen-bond donors (Lipinski definition) is 0. The molecule has 96 valence electrons. The average molecular weight is 238 g/mol. The quantitative estimate of drug-likeness (QED) is 0.427. The van der Waals surface area contributed by atoms with Gasteiger partial charge in [-0.25, -0.2) is 0 Å². The van der Waals surface area contributed by atoms with Gasteiger partial charge in [0.2, 0.25) is 6.08 Å². The van der Waals surface area contributed by atoms with E-state index in [1.807, 2.05) is 6.92 Å². The number of allylic oxidation sites excluding steroid dienone is 2. The molecule has 0 unspecified atom stereocenters. The summed E-state index contributed by atoms with van der Waals surface area (Å²) in [6.45, 7) is 4.15. The largest absolute Gasteiger partial charge is 0.597 e. The Morgan fingerprint density at radius 2 is 2.12 bits per heavy atom. The van der Waals surface area contributed by atoms with Crippen molar-refractivity contribution in [2.45, 2.75) is 45.4 Å². The zero-order valence-electron chi connectivity index (χ0n) is 10.7. The van der Waals surface area contributed by atoms with Crippen LogP contribution in [0.3, 0.4) is 0 Å². The van der Waals surface area contributed by atoms with Crippen molar-refractivity contribution in [1.82, 2.24) is 0 Å². The van der Waals surface area contributed by atoms with E-state index in [0.717, 1.165) is 38.8 Å². The minimum Gasteiger partial charge on any atom is -0.597 e. The maximum atomic E-state index is 11.6. The number of nitrogens with zero attached hydrogens (tertiary/aromatic N) is 2. The number of ether oxygens (including phenoxy) is 1. The SMILES string of the molecule is CCO/C([O-])=N/[N+]1(C2=CCCCC2)CCCC1. The first-order valence-electron chi connectivity index (χ1n) is 6.73. The van der Waals surface area contributed by atoms with Gasteiger partial charge in [0.05, 0.1) is 0 Å². The Hall–Kier alpha value is -1.03. The van der Waals surface area contributed by atoms with Gasteiger partial charge in [-0.1, -0.05) is 12.0 Å². The zero-order chi connectivity index (χ0) is 12.1. The molecular formula is C13H22N2O2. The molecule has 2 aliphatic rings. The molecule has 0 saturated carbocycles. The second kappa shape index (κ2) is 5.54. The van der Waals surface area contributed by atoms with Crippen LogP contribution in [0.15, 0.2) is 16.9 Å². The molecule has 17 heavy (non-hydrogen) atoms. The van der Waals surface area contributed by atoms with Crippen molar-refractivity contribution >= 4 is 6.08 Å². The predicted octanol–water partition coefficient (Wildman–Crippen LogP) is 1.72. The van der Waals surface area contributed by atoms with E-state index in [0.29, 0.717) is 11.2 Å². The van der Waals surface area contributed by atoms with E-state index in [2.05, 4.69) is 11.2 Å². The molecular weight excluding hydrogens is 216 g/mol. The summed E-state index contributed by atoms with van der Waals surface area (Å²) >= 11 is 0. The fraction of sp³-hybridized carbons (Fsp3) is 0.769. The van der Waals surface area contributed by atoms with Crippen LogP contribution in [0.25, 0.3) is 0 Å². The van der Waals surface area contributed by atoms with Crippen LogP contribution >= 0.6 is 0 Å². The maximum absolute atomic E-state index is 11.6. The first kappa shape index (κ1) is 12.4. The number of likely N-dealkylation sites (tertiary alicyclic amines) is 1. The predicted molar refractivity (Wildman–Crippen MR) is 64.8 cm³/mol. The molecule has 0 bridgehead atoms. The summed E-state index contributed by atoms with van der Waals surface area (Å²) in [5, 5.41) is 15.9. The molecule has 1 saturated heterocycles. The van der Waals surface area contributed by atoms with Gasteiger partial charge in [-0.15, -0.1) is 0 Å². The van der Waals surface area contributed by atoms with Gasteiger partial charge < -0.3 is 9.84 Å². The van der Waals surface area contributed by atoms with Crippen molar-refractivity contribution in [2.75, 3.05) is 19.7 Å². The first-order valence-corrected chi connectivity index (χ1v) is 6.73. The van der Waals surface area contributed by atoms with E-state index in [4.69, 9.17) is 4.74 Å². The first-order chi connectivity index (χ1) is 8.27. The summed E-state index contributed by atoms with van der Waals surface area (Å²) < 4.78 is 5.50. The van der Waals surface area contributed by atoms with Crippen molar-refractivity contribution in [2.24, 2.45) is 5.10 Å². The summed E-state index contributed by atoms with van der Waals surface area (Å²) in [7, 11) is 0. The van der Waals surface area contributed by atoms with E-state index >= 15 is 0 Å². The highest BCUT2D eigenvalue weighted by Gasteiger charge is 2.37. The Bertz CT molecular complexity index is 317. The summed E-state index contributed by atoms with van der Waals surface area (Å²) in [4.78, 5) is 0. The molecule has 0 N–H and O–H groups in total. The molecule has 1 fully saturated rings. The molecule has 0 aromatic heterocycles. The maximum Gasteiger partial charge on any atom is 0.210 e. The fourth-order valence-electron chi connectivity index (χ4n) is 2.82. The number of quaternary nitrogens is 1. The van der Waals surface area contributed by atoms with E-state index < -0.39 is 6.08 Å². The monoisotopic (exact) mass is 238 g/mol. The minimum absolute atomic E-state index is 0.402. The summed E-state index contributed by atoms with van der Waals surface area (Å²) in [5.74, 6) is 0. The summed E-state index contributed by atoms with van der Waals surface area (Å²) in [6.07, 6.45) is 8.91. The lowest BCUT2D eigenvalue weighted by atomic mass is 10.0. The van der Waals surface area contributed by atoms with Gasteiger partial charge in [-0.2, -0.15) is 4.59 Å². The molecule has 0 radical (unpaired) electrons. The van der Waals surface area contributed by atoms with Crippen LogP contribution in [0, 0.1) is 0 Å². The number of rotatable bonds is 3. The van der Waals surface area contributed by atoms with Gasteiger partial charge in [-0.05, 0) is 31.9 Å².